The van der Waals surface area contributed by atoms with Crippen LogP contribution in [0.4, 0.5) is 0 Å². The molecule has 3 aliphatic heterocycles. The number of epoxide rings is 1. The summed E-state index contributed by atoms with van der Waals surface area (Å²) in [5.41, 5.74) is 0.807. The van der Waals surface area contributed by atoms with Gasteiger partial charge in [-0.05, 0) is 84.1 Å². The number of hydrogen-bond donors (Lipinski definition) is 1. The summed E-state index contributed by atoms with van der Waals surface area (Å²) in [6.07, 6.45) is 6.79. The molecule has 0 amide bonds. The molecule has 0 radical (unpaired) electrons. The van der Waals surface area contributed by atoms with Gasteiger partial charge < -0.3 is 19.3 Å². The Balaban J connectivity index is 1.34. The SMILES string of the molecule is C=C1C(=O)O[C@@H]2C3=C(C)[C@H]4C[C@@]3([C@@](C)(O)CC[C@@H]12)[C@@]1(C4)C(=O)O[C@H]2[C@H]1CC[C@]1(C)O[C@@]13CC=C(C)[C@H]23. The maximum atomic E-state index is 14.4. The molecule has 8 rings (SSSR count). The number of fused-ring (bicyclic) bond motifs is 6. The molecular formula is C30H36O6. The molecule has 6 fully saturated rings. The molecule has 192 valence electrons. The van der Waals surface area contributed by atoms with E-state index >= 15 is 0 Å². The normalized spacial score (nSPS) is 57.9. The summed E-state index contributed by atoms with van der Waals surface area (Å²) in [6, 6.07) is 0. The average molecular weight is 493 g/mol. The molecule has 1 N–H and O–H groups in total. The number of carbonyl (C=O) groups is 2. The highest BCUT2D eigenvalue weighted by atomic mass is 16.6. The third-order valence-corrected chi connectivity index (χ3v) is 12.7. The summed E-state index contributed by atoms with van der Waals surface area (Å²) in [6.45, 7) is 12.5. The highest BCUT2D eigenvalue weighted by Gasteiger charge is 2.84. The van der Waals surface area contributed by atoms with Crippen molar-refractivity contribution < 1.29 is 28.9 Å². The van der Waals surface area contributed by atoms with Crippen molar-refractivity contribution in [2.24, 2.45) is 34.5 Å². The zero-order valence-corrected chi connectivity index (χ0v) is 21.7. The minimum atomic E-state index is -1.12. The minimum absolute atomic E-state index is 0.00187. The first-order valence-corrected chi connectivity index (χ1v) is 13.9. The summed E-state index contributed by atoms with van der Waals surface area (Å²) < 4.78 is 19.0. The quantitative estimate of drug-likeness (QED) is 0.236. The van der Waals surface area contributed by atoms with Crippen molar-refractivity contribution in [3.8, 4) is 0 Å². The number of allylic oxidation sites excluding steroid dienone is 1. The third kappa shape index (κ3) is 1.98. The van der Waals surface area contributed by atoms with E-state index in [1.807, 2.05) is 6.92 Å². The van der Waals surface area contributed by atoms with E-state index in [4.69, 9.17) is 14.2 Å². The van der Waals surface area contributed by atoms with Crippen LogP contribution in [0.25, 0.3) is 0 Å². The highest BCUT2D eigenvalue weighted by molar-refractivity contribution is 5.92. The first-order valence-electron chi connectivity index (χ1n) is 13.9. The molecule has 11 atom stereocenters. The molecule has 8 aliphatic rings. The second-order valence-corrected chi connectivity index (χ2v) is 13.7. The van der Waals surface area contributed by atoms with Gasteiger partial charge in [0, 0.05) is 28.7 Å². The van der Waals surface area contributed by atoms with Crippen molar-refractivity contribution in [2.75, 3.05) is 0 Å². The predicted octanol–water partition coefficient (Wildman–Crippen LogP) is 4.17. The molecule has 0 unspecified atom stereocenters. The maximum Gasteiger partial charge on any atom is 0.334 e. The van der Waals surface area contributed by atoms with Crippen LogP contribution in [0, 0.1) is 34.5 Å². The van der Waals surface area contributed by atoms with Gasteiger partial charge >= 0.3 is 11.9 Å². The van der Waals surface area contributed by atoms with E-state index in [9.17, 15) is 14.7 Å². The minimum Gasteiger partial charge on any atom is -0.461 e. The lowest BCUT2D eigenvalue weighted by Crippen LogP contribution is -2.60. The number of ether oxygens (including phenoxy) is 3. The fraction of sp³-hybridized carbons (Fsp3) is 0.733. The Morgan fingerprint density at radius 2 is 1.86 bits per heavy atom. The van der Waals surface area contributed by atoms with Crippen LogP contribution in [0.5, 0.6) is 0 Å². The monoisotopic (exact) mass is 492 g/mol. The summed E-state index contributed by atoms with van der Waals surface area (Å²) in [5, 5.41) is 12.4. The number of carbonyl (C=O) groups excluding carboxylic acids is 2. The van der Waals surface area contributed by atoms with Crippen LogP contribution in [-0.4, -0.2) is 46.1 Å². The van der Waals surface area contributed by atoms with Gasteiger partial charge in [-0.15, -0.1) is 0 Å². The molecular weight excluding hydrogens is 456 g/mol. The Morgan fingerprint density at radius 3 is 2.64 bits per heavy atom. The fourth-order valence-electron chi connectivity index (χ4n) is 11.1. The Kier molecular flexibility index (Phi) is 3.71. The standard InChI is InChI=1S/C30H36O6/c1-14-6-11-30-20(14)23-19(8-10-27(30,5)36-30)28(25(32)35-23)12-17-13-29(28)21(15(17)2)22-18(7-9-26(29,4)33)16(3)24(31)34-22/h6,17-20,22-23,33H,3,7-13H2,1-2,4-5H3/t17-,18+,19-,20-,22+,23+,26+,27+,28-,29-,30-/m1/s1. The molecule has 2 bridgehead atoms. The molecule has 0 aromatic carbocycles. The molecule has 3 heterocycles. The predicted molar refractivity (Wildman–Crippen MR) is 129 cm³/mol. The van der Waals surface area contributed by atoms with Gasteiger partial charge in [-0.1, -0.05) is 23.8 Å². The topological polar surface area (TPSA) is 85.4 Å². The number of aliphatic hydroxyl groups is 1. The van der Waals surface area contributed by atoms with Crippen molar-refractivity contribution in [1.29, 1.82) is 0 Å². The first kappa shape index (κ1) is 22.1. The zero-order valence-electron chi connectivity index (χ0n) is 21.7. The Hall–Kier alpha value is -1.92. The molecule has 6 heteroatoms. The smallest absolute Gasteiger partial charge is 0.334 e. The Bertz CT molecular complexity index is 1240. The van der Waals surface area contributed by atoms with Crippen molar-refractivity contribution in [2.45, 2.75) is 102 Å². The van der Waals surface area contributed by atoms with Crippen molar-refractivity contribution >= 4 is 11.9 Å². The number of hydrogen-bond acceptors (Lipinski definition) is 6. The van der Waals surface area contributed by atoms with Gasteiger partial charge in [0.25, 0.3) is 0 Å². The summed E-state index contributed by atoms with van der Waals surface area (Å²) in [7, 11) is 0. The summed E-state index contributed by atoms with van der Waals surface area (Å²) in [4.78, 5) is 27.1. The van der Waals surface area contributed by atoms with E-state index in [-0.39, 0.29) is 52.9 Å². The molecule has 6 nitrogen and oxygen atoms in total. The summed E-state index contributed by atoms with van der Waals surface area (Å²) in [5.74, 6) is -0.379. The van der Waals surface area contributed by atoms with Crippen molar-refractivity contribution in [3.63, 3.8) is 0 Å². The average Bonchev–Trinajstić information content (AvgIpc) is 3.21. The van der Waals surface area contributed by atoms with Crippen LogP contribution >= 0.6 is 0 Å². The van der Waals surface area contributed by atoms with Crippen LogP contribution in [0.1, 0.15) is 72.6 Å². The third-order valence-electron chi connectivity index (χ3n) is 12.7. The first-order chi connectivity index (χ1) is 16.9. The largest absolute Gasteiger partial charge is 0.461 e. The van der Waals surface area contributed by atoms with Gasteiger partial charge in [-0.3, -0.25) is 4.79 Å². The molecule has 3 saturated heterocycles. The lowest BCUT2D eigenvalue weighted by atomic mass is 9.48. The van der Waals surface area contributed by atoms with Crippen LogP contribution in [0.15, 0.2) is 34.9 Å². The number of rotatable bonds is 0. The van der Waals surface area contributed by atoms with Gasteiger partial charge in [-0.25, -0.2) is 4.79 Å². The fourth-order valence-corrected chi connectivity index (χ4v) is 11.1. The molecule has 3 spiro atoms. The van der Waals surface area contributed by atoms with E-state index in [2.05, 4.69) is 33.4 Å². The van der Waals surface area contributed by atoms with Gasteiger partial charge in [0.2, 0.25) is 0 Å². The highest BCUT2D eigenvalue weighted by Crippen LogP contribution is 2.80. The second-order valence-electron chi connectivity index (χ2n) is 13.7. The molecule has 0 aromatic rings. The summed E-state index contributed by atoms with van der Waals surface area (Å²) >= 11 is 0. The van der Waals surface area contributed by atoms with Gasteiger partial charge in [0.15, 0.2) is 0 Å². The van der Waals surface area contributed by atoms with Crippen molar-refractivity contribution in [1.82, 2.24) is 0 Å². The number of esters is 2. The van der Waals surface area contributed by atoms with Crippen LogP contribution in [-0.2, 0) is 23.8 Å². The van der Waals surface area contributed by atoms with Crippen LogP contribution < -0.4 is 0 Å². The van der Waals surface area contributed by atoms with Gasteiger partial charge in [-0.2, -0.15) is 0 Å². The molecule has 0 aromatic heterocycles. The lowest BCUT2D eigenvalue weighted by molar-refractivity contribution is -0.169. The Morgan fingerprint density at radius 1 is 1.08 bits per heavy atom. The zero-order chi connectivity index (χ0) is 25.2. The molecule has 5 aliphatic carbocycles. The molecule has 36 heavy (non-hydrogen) atoms. The van der Waals surface area contributed by atoms with E-state index in [1.54, 1.807) is 0 Å². The van der Waals surface area contributed by atoms with Crippen molar-refractivity contribution in [3.05, 3.63) is 34.9 Å². The van der Waals surface area contributed by atoms with E-state index in [0.29, 0.717) is 24.8 Å². The van der Waals surface area contributed by atoms with Crippen LogP contribution in [0.2, 0.25) is 0 Å². The Labute approximate surface area is 212 Å². The maximum absolute atomic E-state index is 14.4. The van der Waals surface area contributed by atoms with Gasteiger partial charge in [0.05, 0.1) is 16.6 Å². The second kappa shape index (κ2) is 6.04. The van der Waals surface area contributed by atoms with E-state index < -0.39 is 22.5 Å². The van der Waals surface area contributed by atoms with E-state index in [1.165, 1.54) is 11.1 Å². The lowest BCUT2D eigenvalue weighted by Gasteiger charge is -2.54. The van der Waals surface area contributed by atoms with Gasteiger partial charge in [0.1, 0.15) is 17.8 Å². The van der Waals surface area contributed by atoms with E-state index in [0.717, 1.165) is 31.3 Å². The van der Waals surface area contributed by atoms with Crippen LogP contribution in [0.3, 0.4) is 0 Å². The molecule has 3 saturated carbocycles.